The minimum absolute atomic E-state index is 0.0585. The van der Waals surface area contributed by atoms with E-state index in [4.69, 9.17) is 10.00 Å². The van der Waals surface area contributed by atoms with Crippen LogP contribution in [0.1, 0.15) is 31.9 Å². The standard InChI is InChI=1S/C16H18F3N3O2/c1-15(2,3)24-14(23)22-8-11(9-22)21-13-5-4-10(7-20)6-12(13)16(17,18)19/h4-6,11,21H,8-9H2,1-3H3. The van der Waals surface area contributed by atoms with Crippen molar-refractivity contribution < 1.29 is 22.7 Å². The molecule has 0 aliphatic carbocycles. The Hall–Kier alpha value is -2.43. The van der Waals surface area contributed by atoms with Gasteiger partial charge in [-0.15, -0.1) is 0 Å². The highest BCUT2D eigenvalue weighted by atomic mass is 19.4. The lowest BCUT2D eigenvalue weighted by atomic mass is 10.1. The smallest absolute Gasteiger partial charge is 0.418 e. The molecule has 1 N–H and O–H groups in total. The zero-order chi connectivity index (χ0) is 18.1. The Labute approximate surface area is 138 Å². The third-order valence-electron chi connectivity index (χ3n) is 3.35. The first-order chi connectivity index (χ1) is 11.0. The van der Waals surface area contributed by atoms with E-state index in [1.54, 1.807) is 26.8 Å². The molecule has 1 fully saturated rings. The van der Waals surface area contributed by atoms with E-state index in [1.807, 2.05) is 0 Å². The van der Waals surface area contributed by atoms with Gasteiger partial charge in [0.05, 0.1) is 23.2 Å². The molecule has 5 nitrogen and oxygen atoms in total. The summed E-state index contributed by atoms with van der Waals surface area (Å²) in [6.45, 7) is 5.74. The number of ether oxygens (including phenoxy) is 1. The zero-order valence-corrected chi connectivity index (χ0v) is 13.6. The lowest BCUT2D eigenvalue weighted by Gasteiger charge is -2.40. The highest BCUT2D eigenvalue weighted by Crippen LogP contribution is 2.36. The van der Waals surface area contributed by atoms with Crippen LogP contribution in [0, 0.1) is 11.3 Å². The van der Waals surface area contributed by atoms with Crippen LogP contribution in [0.2, 0.25) is 0 Å². The van der Waals surface area contributed by atoms with Gasteiger partial charge in [-0.2, -0.15) is 18.4 Å². The summed E-state index contributed by atoms with van der Waals surface area (Å²) in [5.74, 6) is 0. The average molecular weight is 341 g/mol. The molecule has 1 aromatic rings. The molecule has 130 valence electrons. The van der Waals surface area contributed by atoms with Crippen molar-refractivity contribution in [1.82, 2.24) is 4.90 Å². The van der Waals surface area contributed by atoms with Gasteiger partial charge < -0.3 is 15.0 Å². The van der Waals surface area contributed by atoms with Crippen LogP contribution in [0.15, 0.2) is 18.2 Å². The molecular formula is C16H18F3N3O2. The van der Waals surface area contributed by atoms with Crippen molar-refractivity contribution in [3.8, 4) is 6.07 Å². The third-order valence-corrected chi connectivity index (χ3v) is 3.35. The van der Waals surface area contributed by atoms with E-state index in [9.17, 15) is 18.0 Å². The van der Waals surface area contributed by atoms with E-state index in [1.165, 1.54) is 17.0 Å². The molecule has 1 amide bonds. The fraction of sp³-hybridized carbons (Fsp3) is 0.500. The molecule has 0 atom stereocenters. The summed E-state index contributed by atoms with van der Waals surface area (Å²) < 4.78 is 44.5. The first-order valence-corrected chi connectivity index (χ1v) is 7.35. The summed E-state index contributed by atoms with van der Waals surface area (Å²) in [5.41, 5.74) is -1.67. The molecule has 0 radical (unpaired) electrons. The van der Waals surface area contributed by atoms with E-state index >= 15 is 0 Å². The van der Waals surface area contributed by atoms with Crippen molar-refractivity contribution in [2.45, 2.75) is 38.6 Å². The number of benzene rings is 1. The van der Waals surface area contributed by atoms with Crippen LogP contribution < -0.4 is 5.32 Å². The Morgan fingerprint density at radius 3 is 2.46 bits per heavy atom. The Balaban J connectivity index is 2.02. The van der Waals surface area contributed by atoms with E-state index < -0.39 is 23.4 Å². The number of halogens is 3. The zero-order valence-electron chi connectivity index (χ0n) is 13.6. The average Bonchev–Trinajstić information content (AvgIpc) is 2.39. The summed E-state index contributed by atoms with van der Waals surface area (Å²) >= 11 is 0. The van der Waals surface area contributed by atoms with Gasteiger partial charge in [0.25, 0.3) is 0 Å². The molecule has 2 rings (SSSR count). The number of carbonyl (C=O) groups is 1. The predicted molar refractivity (Wildman–Crippen MR) is 81.4 cm³/mol. The minimum atomic E-state index is -4.57. The van der Waals surface area contributed by atoms with Crippen LogP contribution in [-0.4, -0.2) is 35.7 Å². The molecule has 1 aromatic carbocycles. The normalized spacial score (nSPS) is 15.5. The van der Waals surface area contributed by atoms with Crippen molar-refractivity contribution in [2.24, 2.45) is 0 Å². The maximum atomic E-state index is 13.1. The number of hydrogen-bond acceptors (Lipinski definition) is 4. The molecular weight excluding hydrogens is 323 g/mol. The van der Waals surface area contributed by atoms with Crippen LogP contribution in [0.5, 0.6) is 0 Å². The first-order valence-electron chi connectivity index (χ1n) is 7.35. The molecule has 8 heteroatoms. The predicted octanol–water partition coefficient (Wildman–Crippen LogP) is 3.61. The number of nitriles is 1. The van der Waals surface area contributed by atoms with Crippen molar-refractivity contribution in [2.75, 3.05) is 18.4 Å². The van der Waals surface area contributed by atoms with Crippen molar-refractivity contribution in [3.63, 3.8) is 0 Å². The first kappa shape index (κ1) is 17.9. The number of alkyl halides is 3. The van der Waals surface area contributed by atoms with E-state index in [0.29, 0.717) is 0 Å². The van der Waals surface area contributed by atoms with Gasteiger partial charge in [-0.25, -0.2) is 4.79 Å². The van der Waals surface area contributed by atoms with Crippen LogP contribution >= 0.6 is 0 Å². The number of nitrogens with zero attached hydrogens (tertiary/aromatic N) is 2. The lowest BCUT2D eigenvalue weighted by Crippen LogP contribution is -2.58. The Morgan fingerprint density at radius 2 is 1.96 bits per heavy atom. The third kappa shape index (κ3) is 4.31. The lowest BCUT2D eigenvalue weighted by molar-refractivity contribution is -0.137. The molecule has 1 saturated heterocycles. The molecule has 24 heavy (non-hydrogen) atoms. The molecule has 1 aliphatic rings. The van der Waals surface area contributed by atoms with Gasteiger partial charge in [0.1, 0.15) is 5.60 Å². The summed E-state index contributed by atoms with van der Waals surface area (Å²) in [5, 5.41) is 11.5. The highest BCUT2D eigenvalue weighted by Gasteiger charge is 2.37. The van der Waals surface area contributed by atoms with E-state index in [-0.39, 0.29) is 30.4 Å². The Bertz CT molecular complexity index is 669. The Kier molecular flexibility index (Phi) is 4.65. The SMILES string of the molecule is CC(C)(C)OC(=O)N1CC(Nc2ccc(C#N)cc2C(F)(F)F)C1. The molecule has 0 unspecified atom stereocenters. The fourth-order valence-corrected chi connectivity index (χ4v) is 2.24. The molecule has 0 spiro atoms. The number of carbonyl (C=O) groups excluding carboxylic acids is 1. The number of hydrogen-bond donors (Lipinski definition) is 1. The second kappa shape index (κ2) is 6.23. The maximum absolute atomic E-state index is 13.1. The van der Waals surface area contributed by atoms with Gasteiger partial charge in [-0.3, -0.25) is 0 Å². The van der Waals surface area contributed by atoms with E-state index in [0.717, 1.165) is 6.07 Å². The Morgan fingerprint density at radius 1 is 1.33 bits per heavy atom. The van der Waals surface area contributed by atoms with Crippen molar-refractivity contribution >= 4 is 11.8 Å². The number of likely N-dealkylation sites (tertiary alicyclic amines) is 1. The van der Waals surface area contributed by atoms with Crippen molar-refractivity contribution in [3.05, 3.63) is 29.3 Å². The van der Waals surface area contributed by atoms with Gasteiger partial charge in [0.15, 0.2) is 0 Å². The maximum Gasteiger partial charge on any atom is 0.418 e. The van der Waals surface area contributed by atoms with E-state index in [2.05, 4.69) is 5.32 Å². The minimum Gasteiger partial charge on any atom is -0.444 e. The van der Waals surface area contributed by atoms with Gasteiger partial charge in [0, 0.05) is 18.8 Å². The second-order valence-electron chi connectivity index (χ2n) is 6.60. The molecule has 1 aliphatic heterocycles. The van der Waals surface area contributed by atoms with Crippen LogP contribution in [0.25, 0.3) is 0 Å². The monoisotopic (exact) mass is 341 g/mol. The summed E-state index contributed by atoms with van der Waals surface area (Å²) in [7, 11) is 0. The summed E-state index contributed by atoms with van der Waals surface area (Å²) in [6, 6.07) is 4.76. The van der Waals surface area contributed by atoms with Gasteiger partial charge in [-0.1, -0.05) is 0 Å². The highest BCUT2D eigenvalue weighted by molar-refractivity contribution is 5.70. The van der Waals surface area contributed by atoms with Gasteiger partial charge in [-0.05, 0) is 39.0 Å². The number of anilines is 1. The van der Waals surface area contributed by atoms with Gasteiger partial charge >= 0.3 is 12.3 Å². The second-order valence-corrected chi connectivity index (χ2v) is 6.60. The number of rotatable bonds is 2. The molecule has 0 aromatic heterocycles. The quantitative estimate of drug-likeness (QED) is 0.892. The summed E-state index contributed by atoms with van der Waals surface area (Å²) in [6.07, 6.45) is -5.06. The van der Waals surface area contributed by atoms with Crippen molar-refractivity contribution in [1.29, 1.82) is 5.26 Å². The van der Waals surface area contributed by atoms with Gasteiger partial charge in [0.2, 0.25) is 0 Å². The van der Waals surface area contributed by atoms with Crippen LogP contribution in [-0.2, 0) is 10.9 Å². The summed E-state index contributed by atoms with van der Waals surface area (Å²) in [4.78, 5) is 13.2. The fourth-order valence-electron chi connectivity index (χ4n) is 2.24. The number of amides is 1. The number of nitrogens with one attached hydrogen (secondary N) is 1. The van der Waals surface area contributed by atoms with Crippen LogP contribution in [0.4, 0.5) is 23.7 Å². The molecule has 1 heterocycles. The molecule has 0 saturated carbocycles. The largest absolute Gasteiger partial charge is 0.444 e. The topological polar surface area (TPSA) is 65.4 Å². The molecule has 0 bridgehead atoms. The van der Waals surface area contributed by atoms with Crippen LogP contribution in [0.3, 0.4) is 0 Å².